The number of ketones is 3. The Labute approximate surface area is 393 Å². The van der Waals surface area contributed by atoms with Gasteiger partial charge in [-0.15, -0.1) is 0 Å². The van der Waals surface area contributed by atoms with E-state index in [2.05, 4.69) is 41.3 Å². The molecule has 4 atom stereocenters. The van der Waals surface area contributed by atoms with Crippen LogP contribution in [-0.4, -0.2) is 61.8 Å². The maximum Gasteiger partial charge on any atom is 1.00 e. The molecule has 8 bridgehead atoms. The molecule has 0 saturated heterocycles. The van der Waals surface area contributed by atoms with Gasteiger partial charge in [0.15, 0.2) is 11.6 Å². The zero-order valence-electron chi connectivity index (χ0n) is 35.3. The normalized spacial score (nSPS) is 34.8. The van der Waals surface area contributed by atoms with E-state index in [9.17, 15) is 41.1 Å². The van der Waals surface area contributed by atoms with E-state index in [1.807, 2.05) is 0 Å². The molecule has 2 aromatic carbocycles. The van der Waals surface area contributed by atoms with Gasteiger partial charge in [0.25, 0.3) is 0 Å². The van der Waals surface area contributed by atoms with Gasteiger partial charge in [-0.25, -0.2) is 16.8 Å². The second-order valence-electron chi connectivity index (χ2n) is 20.2. The van der Waals surface area contributed by atoms with Crippen molar-refractivity contribution in [1.82, 2.24) is 9.44 Å². The molecular formula is C45H55Br2LiN2O10S2. The van der Waals surface area contributed by atoms with E-state index in [1.165, 1.54) is 6.07 Å². The summed E-state index contributed by atoms with van der Waals surface area (Å²) in [6.45, 7) is 1.74. The number of hydrogen-bond donors (Lipinski definition) is 3. The van der Waals surface area contributed by atoms with Crippen LogP contribution >= 0.6 is 31.9 Å². The van der Waals surface area contributed by atoms with Crippen LogP contribution in [0.4, 0.5) is 0 Å². The number of halogens is 2. The summed E-state index contributed by atoms with van der Waals surface area (Å²) in [5.41, 5.74) is -2.67. The van der Waals surface area contributed by atoms with Gasteiger partial charge in [-0.2, -0.15) is 9.44 Å². The fourth-order valence-corrected chi connectivity index (χ4v) is 18.4. The fourth-order valence-electron chi connectivity index (χ4n) is 13.5. The molecule has 17 heteroatoms. The molecule has 0 heterocycles. The van der Waals surface area contributed by atoms with Gasteiger partial charge in [-0.3, -0.25) is 19.2 Å². The molecule has 0 radical (unpaired) electrons. The molecule has 0 aromatic heterocycles. The Morgan fingerprint density at radius 3 is 1.27 bits per heavy atom. The summed E-state index contributed by atoms with van der Waals surface area (Å²) in [4.78, 5) is 51.2. The van der Waals surface area contributed by atoms with E-state index >= 15 is 0 Å². The van der Waals surface area contributed by atoms with Crippen molar-refractivity contribution in [1.29, 1.82) is 0 Å². The van der Waals surface area contributed by atoms with Crippen molar-refractivity contribution in [2.75, 3.05) is 0 Å². The summed E-state index contributed by atoms with van der Waals surface area (Å²) in [6.07, 6.45) is 12.3. The monoisotopic (exact) mass is 1010 g/mol. The quantitative estimate of drug-likeness (QED) is 0.220. The SMILES string of the molecule is CC(=O)C12CC3CC(C1)C(CC(=O)C1(NS(=O)(=O)c4ccccc4Br)CC1)C(C3)C2.O=C(O)C12CC3CC(C1)C(CC(=O)C1(NS(=O)(=O)c4ccccc4Br)CC1)C(C3)C2.[Li+].[OH-]. The van der Waals surface area contributed by atoms with Crippen molar-refractivity contribution in [3.63, 3.8) is 0 Å². The number of carboxylic acids is 1. The molecular weight excluding hydrogens is 959 g/mol. The minimum Gasteiger partial charge on any atom is -0.870 e. The molecule has 10 aliphatic carbocycles. The van der Waals surface area contributed by atoms with Crippen LogP contribution in [0.1, 0.15) is 110 Å². The standard InChI is InChI=1S/C23H28BrNO4S.C22H26BrNO5S.Li.H2O/c1-14(26)22-11-15-8-16(12-22)18(17(9-15)13-22)10-21(27)23(6-7-23)25-30(28,29)20-5-3-2-4-19(20)24;23-17-3-1-2-4-18(17)30(28,29)24-22(5-6-22)19(25)9-16-14-7-13-8-15(16)12-21(10-13,11-14)20(26)27;;/h2-5,15-18,25H,6-13H2,1H3;1-4,13-16,24H,5-12H2,(H,26,27);;1H2/q;;+1;/p-1. The molecule has 4 N–H and O–H groups in total. The Bertz CT molecular complexity index is 2180. The third-order valence-corrected chi connectivity index (χ3v) is 21.6. The minimum absolute atomic E-state index is 0. The number of benzene rings is 2. The maximum atomic E-state index is 13.3. The Kier molecular flexibility index (Phi) is 13.3. The Balaban J connectivity index is 0.000000181. The molecule has 10 fully saturated rings. The molecule has 62 heavy (non-hydrogen) atoms. The van der Waals surface area contributed by atoms with E-state index in [4.69, 9.17) is 0 Å². The molecule has 12 rings (SSSR count). The van der Waals surface area contributed by atoms with E-state index in [-0.39, 0.29) is 68.9 Å². The summed E-state index contributed by atoms with van der Waals surface area (Å²) < 4.78 is 58.1. The predicted molar refractivity (Wildman–Crippen MR) is 231 cm³/mol. The largest absolute Gasteiger partial charge is 1.00 e. The van der Waals surface area contributed by atoms with Crippen LogP contribution in [0.3, 0.4) is 0 Å². The third kappa shape index (κ3) is 8.69. The number of hydrogen-bond acceptors (Lipinski definition) is 9. The van der Waals surface area contributed by atoms with Gasteiger partial charge in [0, 0.05) is 27.2 Å². The van der Waals surface area contributed by atoms with Crippen molar-refractivity contribution >= 4 is 75.2 Å². The molecule has 0 spiro atoms. The molecule has 2 aromatic rings. The Morgan fingerprint density at radius 2 is 0.952 bits per heavy atom. The first-order chi connectivity index (χ1) is 28.3. The molecule has 10 saturated carbocycles. The van der Waals surface area contributed by atoms with Gasteiger partial charge in [-0.1, -0.05) is 24.3 Å². The molecule has 4 unspecified atom stereocenters. The van der Waals surface area contributed by atoms with E-state index in [1.54, 1.807) is 49.4 Å². The molecule has 332 valence electrons. The van der Waals surface area contributed by atoms with Crippen LogP contribution < -0.4 is 28.3 Å². The van der Waals surface area contributed by atoms with Crippen LogP contribution in [0, 0.1) is 58.2 Å². The second-order valence-corrected chi connectivity index (χ2v) is 25.2. The molecule has 0 aliphatic heterocycles. The van der Waals surface area contributed by atoms with Crippen molar-refractivity contribution in [2.24, 2.45) is 58.2 Å². The van der Waals surface area contributed by atoms with E-state index in [0.717, 1.165) is 51.4 Å². The average Bonchev–Trinajstić information content (AvgIpc) is 4.12. The fraction of sp³-hybridized carbons (Fsp3) is 0.644. The molecule has 10 aliphatic rings. The maximum absolute atomic E-state index is 13.3. The molecule has 0 amide bonds. The van der Waals surface area contributed by atoms with Gasteiger partial charge in [0.05, 0.1) is 26.3 Å². The number of carbonyl (C=O) groups is 4. The van der Waals surface area contributed by atoms with E-state index < -0.39 is 42.5 Å². The predicted octanol–water partition coefficient (Wildman–Crippen LogP) is 4.82. The summed E-state index contributed by atoms with van der Waals surface area (Å²) in [7, 11) is -7.58. The van der Waals surface area contributed by atoms with Gasteiger partial charge in [0.1, 0.15) is 5.78 Å². The number of rotatable bonds is 14. The van der Waals surface area contributed by atoms with Gasteiger partial charge in [0.2, 0.25) is 20.0 Å². The van der Waals surface area contributed by atoms with Crippen LogP contribution in [0.5, 0.6) is 0 Å². The smallest absolute Gasteiger partial charge is 0.870 e. The summed E-state index contributed by atoms with van der Waals surface area (Å²) in [5, 5.41) is 9.80. The number of aliphatic carboxylic acids is 1. The van der Waals surface area contributed by atoms with Crippen molar-refractivity contribution in [2.45, 2.75) is 131 Å². The first kappa shape index (κ1) is 48.2. The summed E-state index contributed by atoms with van der Waals surface area (Å²) >= 11 is 6.59. The zero-order chi connectivity index (χ0) is 42.6. The van der Waals surface area contributed by atoms with Crippen molar-refractivity contribution in [3.8, 4) is 0 Å². The number of Topliss-reactive ketones (excluding diaryl/α,β-unsaturated/α-hetero) is 3. The third-order valence-electron chi connectivity index (χ3n) is 16.5. The first-order valence-corrected chi connectivity index (χ1v) is 26.2. The second kappa shape index (κ2) is 17.2. The number of nitrogens with one attached hydrogen (secondary N) is 2. The number of carbonyl (C=O) groups excluding carboxylic acids is 3. The van der Waals surface area contributed by atoms with Crippen LogP contribution in [0.15, 0.2) is 67.3 Å². The van der Waals surface area contributed by atoms with E-state index in [0.29, 0.717) is 95.7 Å². The zero-order valence-corrected chi connectivity index (χ0v) is 40.1. The first-order valence-electron chi connectivity index (χ1n) is 21.7. The minimum atomic E-state index is -3.81. The number of carboxylic acid groups (broad SMARTS) is 1. The van der Waals surface area contributed by atoms with Crippen molar-refractivity contribution in [3.05, 3.63) is 57.5 Å². The van der Waals surface area contributed by atoms with Crippen LogP contribution in [-0.2, 0) is 39.2 Å². The van der Waals surface area contributed by atoms with Gasteiger partial charge in [-0.05, 0) is 200 Å². The van der Waals surface area contributed by atoms with Crippen LogP contribution in [0.2, 0.25) is 0 Å². The van der Waals surface area contributed by atoms with Gasteiger partial charge < -0.3 is 10.6 Å². The van der Waals surface area contributed by atoms with Crippen molar-refractivity contribution < 1.29 is 65.5 Å². The Hall–Kier alpha value is -1.74. The number of sulfonamides is 2. The average molecular weight is 1010 g/mol. The van der Waals surface area contributed by atoms with Crippen LogP contribution in [0.25, 0.3) is 0 Å². The molecule has 12 nitrogen and oxygen atoms in total. The topological polar surface area (TPSA) is 211 Å². The summed E-state index contributed by atoms with van der Waals surface area (Å²) in [5.74, 6) is 2.64. The Morgan fingerprint density at radius 1 is 0.613 bits per heavy atom. The summed E-state index contributed by atoms with van der Waals surface area (Å²) in [6, 6.07) is 13.3. The van der Waals surface area contributed by atoms with Gasteiger partial charge >= 0.3 is 24.8 Å².